The number of amides is 1. The maximum atomic E-state index is 12.5. The van der Waals surface area contributed by atoms with Crippen LogP contribution in [0.4, 0.5) is 0 Å². The number of hydrogen-bond donors (Lipinski definition) is 0. The lowest BCUT2D eigenvalue weighted by Crippen LogP contribution is -2.34. The third-order valence-electron chi connectivity index (χ3n) is 4.37. The maximum absolute atomic E-state index is 12.5. The monoisotopic (exact) mass is 419 g/mol. The van der Waals surface area contributed by atoms with E-state index in [2.05, 4.69) is 6.58 Å². The number of thiophene rings is 1. The molecule has 0 saturated heterocycles. The van der Waals surface area contributed by atoms with Crippen molar-refractivity contribution in [2.24, 2.45) is 0 Å². The van der Waals surface area contributed by atoms with Crippen LogP contribution in [0.25, 0.3) is 0 Å². The molecule has 1 heterocycles. The first-order valence-corrected chi connectivity index (χ1v) is 10.2. The van der Waals surface area contributed by atoms with Crippen molar-refractivity contribution >= 4 is 29.0 Å². The molecule has 1 aromatic heterocycles. The van der Waals surface area contributed by atoms with Gasteiger partial charge in [0, 0.05) is 22.5 Å². The van der Waals surface area contributed by atoms with Crippen molar-refractivity contribution in [2.45, 2.75) is 6.54 Å². The average molecular weight is 420 g/mol. The fourth-order valence-electron chi connectivity index (χ4n) is 2.82. The van der Waals surface area contributed by atoms with E-state index in [4.69, 9.17) is 4.74 Å². The fraction of sp³-hybridized carbons (Fsp3) is 0.125. The van der Waals surface area contributed by atoms with Gasteiger partial charge in [0.1, 0.15) is 0 Å². The summed E-state index contributed by atoms with van der Waals surface area (Å²) >= 11 is 1.55. The van der Waals surface area contributed by atoms with Crippen molar-refractivity contribution in [1.82, 2.24) is 4.90 Å². The first-order valence-electron chi connectivity index (χ1n) is 9.36. The number of ether oxygens (including phenoxy) is 1. The Hall–Kier alpha value is -3.51. The second-order valence-electron chi connectivity index (χ2n) is 6.49. The van der Waals surface area contributed by atoms with Crippen molar-refractivity contribution in [2.75, 3.05) is 13.2 Å². The first kappa shape index (κ1) is 21.2. The Labute approximate surface area is 179 Å². The highest BCUT2D eigenvalue weighted by molar-refractivity contribution is 7.09. The van der Waals surface area contributed by atoms with Crippen molar-refractivity contribution < 1.29 is 19.1 Å². The van der Waals surface area contributed by atoms with E-state index in [1.165, 1.54) is 12.1 Å². The molecule has 30 heavy (non-hydrogen) atoms. The summed E-state index contributed by atoms with van der Waals surface area (Å²) in [5, 5.41) is 1.94. The average Bonchev–Trinajstić information content (AvgIpc) is 3.30. The molecule has 0 bridgehead atoms. The van der Waals surface area contributed by atoms with E-state index in [1.54, 1.807) is 58.7 Å². The molecule has 3 rings (SSSR count). The summed E-state index contributed by atoms with van der Waals surface area (Å²) in [6.07, 6.45) is 1.63. The Bertz CT molecular complexity index is 1010. The third-order valence-corrected chi connectivity index (χ3v) is 5.24. The van der Waals surface area contributed by atoms with Crippen LogP contribution < -0.4 is 0 Å². The van der Waals surface area contributed by atoms with E-state index in [9.17, 15) is 14.4 Å². The van der Waals surface area contributed by atoms with Gasteiger partial charge in [-0.15, -0.1) is 17.9 Å². The number of hydrogen-bond acceptors (Lipinski definition) is 5. The highest BCUT2D eigenvalue weighted by Gasteiger charge is 2.17. The molecular formula is C24H21NO4S. The van der Waals surface area contributed by atoms with Gasteiger partial charge in [-0.05, 0) is 23.6 Å². The molecule has 0 radical (unpaired) electrons. The zero-order chi connectivity index (χ0) is 21.3. The summed E-state index contributed by atoms with van der Waals surface area (Å²) in [7, 11) is 0. The molecule has 0 fully saturated rings. The Kier molecular flexibility index (Phi) is 7.29. The second kappa shape index (κ2) is 10.3. The van der Waals surface area contributed by atoms with Gasteiger partial charge in [0.15, 0.2) is 12.4 Å². The molecule has 0 saturated carbocycles. The molecule has 2 aromatic carbocycles. The summed E-state index contributed by atoms with van der Waals surface area (Å²) in [4.78, 5) is 39.8. The van der Waals surface area contributed by atoms with Crippen LogP contribution in [0.1, 0.15) is 31.2 Å². The maximum Gasteiger partial charge on any atom is 0.338 e. The number of nitrogens with zero attached hydrogens (tertiary/aromatic N) is 1. The summed E-state index contributed by atoms with van der Waals surface area (Å²) in [6, 6.07) is 19.0. The van der Waals surface area contributed by atoms with E-state index in [1.807, 2.05) is 23.6 Å². The van der Waals surface area contributed by atoms with Crippen LogP contribution in [-0.4, -0.2) is 35.7 Å². The van der Waals surface area contributed by atoms with Gasteiger partial charge in [-0.2, -0.15) is 0 Å². The van der Waals surface area contributed by atoms with Gasteiger partial charge in [0.05, 0.1) is 12.1 Å². The predicted octanol–water partition coefficient (Wildman–Crippen LogP) is 4.35. The van der Waals surface area contributed by atoms with Crippen molar-refractivity contribution in [3.05, 3.63) is 106 Å². The highest BCUT2D eigenvalue weighted by atomic mass is 32.1. The topological polar surface area (TPSA) is 63.7 Å². The third kappa shape index (κ3) is 5.52. The summed E-state index contributed by atoms with van der Waals surface area (Å²) in [6.45, 7) is 4.12. The zero-order valence-corrected chi connectivity index (χ0v) is 17.1. The van der Waals surface area contributed by atoms with Crippen LogP contribution in [-0.2, 0) is 16.1 Å². The number of carbonyl (C=O) groups is 3. The van der Waals surface area contributed by atoms with Gasteiger partial charge in [-0.25, -0.2) is 4.79 Å². The van der Waals surface area contributed by atoms with E-state index < -0.39 is 5.97 Å². The lowest BCUT2D eigenvalue weighted by atomic mass is 10.0. The van der Waals surface area contributed by atoms with Gasteiger partial charge in [-0.1, -0.05) is 54.6 Å². The van der Waals surface area contributed by atoms with Crippen LogP contribution in [0.5, 0.6) is 0 Å². The lowest BCUT2D eigenvalue weighted by Gasteiger charge is -2.20. The summed E-state index contributed by atoms with van der Waals surface area (Å²) < 4.78 is 5.18. The zero-order valence-electron chi connectivity index (χ0n) is 16.3. The van der Waals surface area contributed by atoms with E-state index in [0.29, 0.717) is 24.2 Å². The highest BCUT2D eigenvalue weighted by Crippen LogP contribution is 2.14. The Balaban J connectivity index is 1.58. The van der Waals surface area contributed by atoms with Gasteiger partial charge < -0.3 is 9.64 Å². The fourth-order valence-corrected chi connectivity index (χ4v) is 3.54. The van der Waals surface area contributed by atoms with Gasteiger partial charge in [0.25, 0.3) is 5.91 Å². The van der Waals surface area contributed by atoms with Gasteiger partial charge in [-0.3, -0.25) is 9.59 Å². The summed E-state index contributed by atoms with van der Waals surface area (Å²) in [5.41, 5.74) is 1.33. The molecule has 0 aliphatic carbocycles. The molecule has 1 amide bonds. The largest absolute Gasteiger partial charge is 0.452 e. The van der Waals surface area contributed by atoms with Gasteiger partial charge >= 0.3 is 5.97 Å². The number of rotatable bonds is 9. The Morgan fingerprint density at radius 1 is 0.900 bits per heavy atom. The predicted molar refractivity (Wildman–Crippen MR) is 117 cm³/mol. The van der Waals surface area contributed by atoms with Crippen molar-refractivity contribution in [1.29, 1.82) is 0 Å². The van der Waals surface area contributed by atoms with E-state index in [-0.39, 0.29) is 23.9 Å². The minimum atomic E-state index is -0.614. The Morgan fingerprint density at radius 3 is 2.20 bits per heavy atom. The number of carbonyl (C=O) groups excluding carboxylic acids is 3. The molecule has 5 nitrogen and oxygen atoms in total. The second-order valence-corrected chi connectivity index (χ2v) is 7.52. The number of ketones is 1. The standard InChI is InChI=1S/C24H21NO4S/c1-2-14-25(16-21-9-6-15-30-21)22(26)17-29-24(28)20-12-10-19(11-13-20)23(27)18-7-4-3-5-8-18/h2-13,15H,1,14,16-17H2. The van der Waals surface area contributed by atoms with Crippen LogP contribution in [0, 0.1) is 0 Å². The number of benzene rings is 2. The summed E-state index contributed by atoms with van der Waals surface area (Å²) in [5.74, 6) is -1.04. The molecule has 3 aromatic rings. The van der Waals surface area contributed by atoms with Crippen LogP contribution >= 0.6 is 11.3 Å². The molecule has 152 valence electrons. The molecule has 0 spiro atoms. The molecular weight excluding hydrogens is 398 g/mol. The minimum absolute atomic E-state index is 0.126. The molecule has 0 aliphatic rings. The Morgan fingerprint density at radius 2 is 1.57 bits per heavy atom. The van der Waals surface area contributed by atoms with Crippen molar-refractivity contribution in [3.63, 3.8) is 0 Å². The van der Waals surface area contributed by atoms with Crippen molar-refractivity contribution in [3.8, 4) is 0 Å². The quantitative estimate of drug-likeness (QED) is 0.294. The molecule has 0 N–H and O–H groups in total. The molecule has 0 aliphatic heterocycles. The normalized spacial score (nSPS) is 10.3. The van der Waals surface area contributed by atoms with E-state index >= 15 is 0 Å². The van der Waals surface area contributed by atoms with E-state index in [0.717, 1.165) is 4.88 Å². The molecule has 0 atom stereocenters. The first-order chi connectivity index (χ1) is 14.6. The smallest absolute Gasteiger partial charge is 0.338 e. The molecule has 6 heteroatoms. The lowest BCUT2D eigenvalue weighted by molar-refractivity contribution is -0.134. The number of esters is 1. The SMILES string of the molecule is C=CCN(Cc1cccs1)C(=O)COC(=O)c1ccc(C(=O)c2ccccc2)cc1. The van der Waals surface area contributed by atoms with Crippen LogP contribution in [0.15, 0.2) is 84.8 Å². The van der Waals surface area contributed by atoms with Crippen LogP contribution in [0.2, 0.25) is 0 Å². The minimum Gasteiger partial charge on any atom is -0.452 e. The molecule has 0 unspecified atom stereocenters. The van der Waals surface area contributed by atoms with Gasteiger partial charge in [0.2, 0.25) is 0 Å². The van der Waals surface area contributed by atoms with Crippen LogP contribution in [0.3, 0.4) is 0 Å².